The third-order valence-electron chi connectivity index (χ3n) is 1.88. The van der Waals surface area contributed by atoms with Crippen LogP contribution in [0.4, 0.5) is 0 Å². The molecule has 0 aromatic heterocycles. The van der Waals surface area contributed by atoms with E-state index in [1.54, 1.807) is 0 Å². The average Bonchev–Trinajstić information content (AvgIpc) is 1.78. The van der Waals surface area contributed by atoms with Crippen LogP contribution in [-0.2, 0) is 4.74 Å². The SMILES string of the molecule is CC1(C)CCC(C)(C)O1. The number of ether oxygens (including phenoxy) is 1. The van der Waals surface area contributed by atoms with E-state index in [9.17, 15) is 0 Å². The maximum Gasteiger partial charge on any atom is 0.0634 e. The first-order valence-electron chi connectivity index (χ1n) is 3.62. The number of hydrogen-bond acceptors (Lipinski definition) is 1. The fraction of sp³-hybridized carbons (Fsp3) is 1.00. The minimum Gasteiger partial charge on any atom is -0.370 e. The van der Waals surface area contributed by atoms with Crippen molar-refractivity contribution in [1.82, 2.24) is 0 Å². The lowest BCUT2D eigenvalue weighted by molar-refractivity contribution is -0.0643. The van der Waals surface area contributed by atoms with Crippen molar-refractivity contribution in [3.63, 3.8) is 0 Å². The van der Waals surface area contributed by atoms with Crippen molar-refractivity contribution in [2.24, 2.45) is 0 Å². The molecule has 1 fully saturated rings. The standard InChI is InChI=1S/C8H16O/c1-7(2)5-6-8(3,4)9-7/h5-6H2,1-4H3. The monoisotopic (exact) mass is 128 g/mol. The Morgan fingerprint density at radius 3 is 1.33 bits per heavy atom. The summed E-state index contributed by atoms with van der Waals surface area (Å²) >= 11 is 0. The zero-order chi connectivity index (χ0) is 7.12. The zero-order valence-corrected chi connectivity index (χ0v) is 6.82. The molecule has 0 aliphatic carbocycles. The largest absolute Gasteiger partial charge is 0.370 e. The van der Waals surface area contributed by atoms with Crippen molar-refractivity contribution in [3.8, 4) is 0 Å². The van der Waals surface area contributed by atoms with Crippen LogP contribution in [0.25, 0.3) is 0 Å². The number of hydrogen-bond donors (Lipinski definition) is 0. The second-order valence-electron chi connectivity index (χ2n) is 4.12. The predicted octanol–water partition coefficient (Wildman–Crippen LogP) is 2.35. The van der Waals surface area contributed by atoms with Crippen LogP contribution in [0, 0.1) is 0 Å². The van der Waals surface area contributed by atoms with Crippen molar-refractivity contribution in [1.29, 1.82) is 0 Å². The first-order chi connectivity index (χ1) is 3.91. The van der Waals surface area contributed by atoms with Crippen LogP contribution < -0.4 is 0 Å². The van der Waals surface area contributed by atoms with E-state index in [1.807, 2.05) is 0 Å². The lowest BCUT2D eigenvalue weighted by Gasteiger charge is -2.23. The lowest BCUT2D eigenvalue weighted by Crippen LogP contribution is -2.25. The van der Waals surface area contributed by atoms with E-state index >= 15 is 0 Å². The van der Waals surface area contributed by atoms with E-state index in [1.165, 1.54) is 12.8 Å². The summed E-state index contributed by atoms with van der Waals surface area (Å²) in [4.78, 5) is 0. The van der Waals surface area contributed by atoms with Gasteiger partial charge in [0, 0.05) is 0 Å². The molecule has 1 rings (SSSR count). The van der Waals surface area contributed by atoms with Gasteiger partial charge in [-0.05, 0) is 40.5 Å². The normalized spacial score (nSPS) is 30.7. The Morgan fingerprint density at radius 1 is 0.889 bits per heavy atom. The molecule has 1 heterocycles. The Kier molecular flexibility index (Phi) is 1.35. The van der Waals surface area contributed by atoms with Crippen molar-refractivity contribution in [3.05, 3.63) is 0 Å². The molecule has 1 aliphatic heterocycles. The molecule has 9 heavy (non-hydrogen) atoms. The van der Waals surface area contributed by atoms with Gasteiger partial charge in [0.15, 0.2) is 0 Å². The third-order valence-corrected chi connectivity index (χ3v) is 1.88. The van der Waals surface area contributed by atoms with Crippen LogP contribution in [0.15, 0.2) is 0 Å². The molecule has 0 spiro atoms. The Labute approximate surface area is 57.4 Å². The number of rotatable bonds is 0. The van der Waals surface area contributed by atoms with Crippen molar-refractivity contribution < 1.29 is 4.74 Å². The topological polar surface area (TPSA) is 9.23 Å². The quantitative estimate of drug-likeness (QED) is 0.486. The predicted molar refractivity (Wildman–Crippen MR) is 38.5 cm³/mol. The lowest BCUT2D eigenvalue weighted by atomic mass is 10.0. The molecule has 0 N–H and O–H groups in total. The van der Waals surface area contributed by atoms with Gasteiger partial charge in [-0.3, -0.25) is 0 Å². The highest BCUT2D eigenvalue weighted by Gasteiger charge is 2.36. The van der Waals surface area contributed by atoms with Gasteiger partial charge in [-0.1, -0.05) is 0 Å². The van der Waals surface area contributed by atoms with E-state index in [-0.39, 0.29) is 11.2 Å². The Morgan fingerprint density at radius 2 is 1.22 bits per heavy atom. The van der Waals surface area contributed by atoms with Gasteiger partial charge in [0.2, 0.25) is 0 Å². The maximum absolute atomic E-state index is 5.74. The molecule has 1 heteroatoms. The first kappa shape index (κ1) is 7.07. The molecule has 0 aromatic carbocycles. The van der Waals surface area contributed by atoms with Gasteiger partial charge in [0.25, 0.3) is 0 Å². The highest BCUT2D eigenvalue weighted by atomic mass is 16.5. The molecule has 0 unspecified atom stereocenters. The van der Waals surface area contributed by atoms with E-state index in [0.717, 1.165) is 0 Å². The highest BCUT2D eigenvalue weighted by molar-refractivity contribution is 4.86. The van der Waals surface area contributed by atoms with E-state index in [2.05, 4.69) is 27.7 Å². The summed E-state index contributed by atoms with van der Waals surface area (Å²) in [6, 6.07) is 0. The van der Waals surface area contributed by atoms with Gasteiger partial charge in [-0.25, -0.2) is 0 Å². The summed E-state index contributed by atoms with van der Waals surface area (Å²) in [5, 5.41) is 0. The Balaban J connectivity index is 2.58. The zero-order valence-electron chi connectivity index (χ0n) is 6.82. The molecule has 0 bridgehead atoms. The van der Waals surface area contributed by atoms with Crippen LogP contribution in [0.5, 0.6) is 0 Å². The van der Waals surface area contributed by atoms with Gasteiger partial charge in [0.1, 0.15) is 0 Å². The summed E-state index contributed by atoms with van der Waals surface area (Å²) in [5.74, 6) is 0. The molecule has 0 amide bonds. The maximum atomic E-state index is 5.74. The minimum absolute atomic E-state index is 0.128. The molecule has 0 saturated carbocycles. The molecule has 0 aromatic rings. The Bertz CT molecular complexity index is 99.7. The molecule has 1 nitrogen and oxygen atoms in total. The first-order valence-corrected chi connectivity index (χ1v) is 3.62. The summed E-state index contributed by atoms with van der Waals surface area (Å²) in [6.07, 6.45) is 2.39. The van der Waals surface area contributed by atoms with Gasteiger partial charge in [0.05, 0.1) is 11.2 Å². The van der Waals surface area contributed by atoms with Gasteiger partial charge in [-0.15, -0.1) is 0 Å². The van der Waals surface area contributed by atoms with Crippen molar-refractivity contribution in [2.45, 2.75) is 51.7 Å². The van der Waals surface area contributed by atoms with Crippen LogP contribution in [0.3, 0.4) is 0 Å². The molecular formula is C8H16O. The molecule has 0 radical (unpaired) electrons. The van der Waals surface area contributed by atoms with Crippen LogP contribution in [0.1, 0.15) is 40.5 Å². The molecule has 1 saturated heterocycles. The summed E-state index contributed by atoms with van der Waals surface area (Å²) in [7, 11) is 0. The summed E-state index contributed by atoms with van der Waals surface area (Å²) in [5.41, 5.74) is 0.257. The van der Waals surface area contributed by atoms with Crippen molar-refractivity contribution >= 4 is 0 Å². The van der Waals surface area contributed by atoms with Crippen LogP contribution >= 0.6 is 0 Å². The molecule has 0 atom stereocenters. The third kappa shape index (κ3) is 1.68. The van der Waals surface area contributed by atoms with Crippen LogP contribution in [0.2, 0.25) is 0 Å². The highest BCUT2D eigenvalue weighted by Crippen LogP contribution is 2.36. The fourth-order valence-electron chi connectivity index (χ4n) is 1.45. The second kappa shape index (κ2) is 1.72. The molecular weight excluding hydrogens is 112 g/mol. The van der Waals surface area contributed by atoms with E-state index in [0.29, 0.717) is 0 Å². The van der Waals surface area contributed by atoms with Gasteiger partial charge >= 0.3 is 0 Å². The fourth-order valence-corrected chi connectivity index (χ4v) is 1.45. The van der Waals surface area contributed by atoms with E-state index in [4.69, 9.17) is 4.74 Å². The van der Waals surface area contributed by atoms with Gasteiger partial charge < -0.3 is 4.74 Å². The Hall–Kier alpha value is -0.0400. The average molecular weight is 128 g/mol. The summed E-state index contributed by atoms with van der Waals surface area (Å²) < 4.78 is 5.74. The van der Waals surface area contributed by atoms with Crippen LogP contribution in [-0.4, -0.2) is 11.2 Å². The molecule has 54 valence electrons. The smallest absolute Gasteiger partial charge is 0.0634 e. The minimum atomic E-state index is 0.128. The van der Waals surface area contributed by atoms with E-state index < -0.39 is 0 Å². The summed E-state index contributed by atoms with van der Waals surface area (Å²) in [6.45, 7) is 8.62. The van der Waals surface area contributed by atoms with Gasteiger partial charge in [-0.2, -0.15) is 0 Å². The second-order valence-corrected chi connectivity index (χ2v) is 4.12. The molecule has 1 aliphatic rings. The van der Waals surface area contributed by atoms with Crippen molar-refractivity contribution in [2.75, 3.05) is 0 Å².